The minimum atomic E-state index is -0.861. The molecule has 0 bridgehead atoms. The SMILES string of the molecule is COc1ccccc1C(OC)(OC)C1CNCCN1. The zero-order valence-corrected chi connectivity index (χ0v) is 11.7. The highest BCUT2D eigenvalue weighted by molar-refractivity contribution is 5.38. The predicted molar refractivity (Wildman–Crippen MR) is 73.4 cm³/mol. The lowest BCUT2D eigenvalue weighted by molar-refractivity contribution is -0.236. The first-order chi connectivity index (χ1) is 9.28. The van der Waals surface area contributed by atoms with Gasteiger partial charge in [-0.3, -0.25) is 0 Å². The molecule has 2 N–H and O–H groups in total. The first-order valence-electron chi connectivity index (χ1n) is 6.46. The van der Waals surface area contributed by atoms with E-state index in [4.69, 9.17) is 14.2 Å². The van der Waals surface area contributed by atoms with E-state index < -0.39 is 5.79 Å². The molecule has 0 aliphatic carbocycles. The maximum absolute atomic E-state index is 5.75. The molecule has 0 aromatic heterocycles. The van der Waals surface area contributed by atoms with Crippen molar-refractivity contribution in [2.24, 2.45) is 0 Å². The van der Waals surface area contributed by atoms with Gasteiger partial charge in [0.1, 0.15) is 5.75 Å². The van der Waals surface area contributed by atoms with Crippen molar-refractivity contribution >= 4 is 0 Å². The highest BCUT2D eigenvalue weighted by Crippen LogP contribution is 2.36. The minimum absolute atomic E-state index is 0.0209. The van der Waals surface area contributed by atoms with Gasteiger partial charge in [0.25, 0.3) is 0 Å². The predicted octanol–water partition coefficient (Wildman–Crippen LogP) is 0.702. The molecule has 5 nitrogen and oxygen atoms in total. The molecule has 1 fully saturated rings. The van der Waals surface area contributed by atoms with Crippen LogP contribution in [0.4, 0.5) is 0 Å². The van der Waals surface area contributed by atoms with Gasteiger partial charge in [0.2, 0.25) is 5.79 Å². The lowest BCUT2D eigenvalue weighted by Crippen LogP contribution is -2.60. The number of piperazine rings is 1. The van der Waals surface area contributed by atoms with Gasteiger partial charge in [-0.05, 0) is 12.1 Å². The molecule has 1 aromatic rings. The smallest absolute Gasteiger partial charge is 0.215 e. The summed E-state index contributed by atoms with van der Waals surface area (Å²) in [5, 5.41) is 6.80. The Hall–Kier alpha value is -1.14. The molecular weight excluding hydrogens is 244 g/mol. The summed E-state index contributed by atoms with van der Waals surface area (Å²) in [6, 6.07) is 7.80. The largest absolute Gasteiger partial charge is 0.496 e. The van der Waals surface area contributed by atoms with Crippen LogP contribution in [0, 0.1) is 0 Å². The van der Waals surface area contributed by atoms with E-state index in [9.17, 15) is 0 Å². The van der Waals surface area contributed by atoms with Gasteiger partial charge >= 0.3 is 0 Å². The van der Waals surface area contributed by atoms with Gasteiger partial charge in [0.15, 0.2) is 0 Å². The van der Waals surface area contributed by atoms with Crippen LogP contribution in [0.3, 0.4) is 0 Å². The molecular formula is C14H22N2O3. The van der Waals surface area contributed by atoms with Crippen LogP contribution in [0.5, 0.6) is 5.75 Å². The Morgan fingerprint density at radius 2 is 1.84 bits per heavy atom. The van der Waals surface area contributed by atoms with E-state index in [-0.39, 0.29) is 6.04 Å². The van der Waals surface area contributed by atoms with Gasteiger partial charge in [-0.25, -0.2) is 0 Å². The number of rotatable bonds is 5. The maximum Gasteiger partial charge on any atom is 0.215 e. The van der Waals surface area contributed by atoms with Crippen LogP contribution in [0.1, 0.15) is 5.56 Å². The van der Waals surface area contributed by atoms with Crippen LogP contribution in [0.2, 0.25) is 0 Å². The van der Waals surface area contributed by atoms with Crippen LogP contribution in [0.15, 0.2) is 24.3 Å². The molecule has 106 valence electrons. The third-order valence-corrected chi connectivity index (χ3v) is 3.59. The number of ether oxygens (including phenoxy) is 3. The van der Waals surface area contributed by atoms with Crippen molar-refractivity contribution in [2.45, 2.75) is 11.8 Å². The van der Waals surface area contributed by atoms with E-state index >= 15 is 0 Å². The maximum atomic E-state index is 5.75. The Balaban J connectivity index is 2.42. The lowest BCUT2D eigenvalue weighted by atomic mass is 9.95. The lowest BCUT2D eigenvalue weighted by Gasteiger charge is -2.41. The highest BCUT2D eigenvalue weighted by atomic mass is 16.7. The van der Waals surface area contributed by atoms with E-state index in [2.05, 4.69) is 10.6 Å². The van der Waals surface area contributed by atoms with E-state index in [1.54, 1.807) is 21.3 Å². The molecule has 1 unspecified atom stereocenters. The Labute approximate surface area is 114 Å². The number of hydrogen-bond donors (Lipinski definition) is 2. The van der Waals surface area contributed by atoms with Gasteiger partial charge in [-0.1, -0.05) is 12.1 Å². The van der Waals surface area contributed by atoms with Gasteiger partial charge < -0.3 is 24.8 Å². The van der Waals surface area contributed by atoms with Crippen molar-refractivity contribution in [3.05, 3.63) is 29.8 Å². The van der Waals surface area contributed by atoms with Crippen molar-refractivity contribution in [3.8, 4) is 5.75 Å². The Morgan fingerprint density at radius 1 is 1.11 bits per heavy atom. The van der Waals surface area contributed by atoms with Crippen molar-refractivity contribution in [2.75, 3.05) is 41.0 Å². The molecule has 0 spiro atoms. The molecule has 1 atom stereocenters. The second-order valence-corrected chi connectivity index (χ2v) is 4.49. The first kappa shape index (κ1) is 14.3. The van der Waals surface area contributed by atoms with E-state index in [0.717, 1.165) is 30.9 Å². The van der Waals surface area contributed by atoms with E-state index in [0.29, 0.717) is 0 Å². The van der Waals surface area contributed by atoms with Gasteiger partial charge in [-0.2, -0.15) is 0 Å². The number of benzene rings is 1. The summed E-state index contributed by atoms with van der Waals surface area (Å²) in [5.41, 5.74) is 0.892. The molecule has 1 aromatic carbocycles. The fourth-order valence-electron chi connectivity index (χ4n) is 2.63. The first-order valence-corrected chi connectivity index (χ1v) is 6.46. The van der Waals surface area contributed by atoms with Crippen LogP contribution >= 0.6 is 0 Å². The Kier molecular flexibility index (Phi) is 4.76. The summed E-state index contributed by atoms with van der Waals surface area (Å²) < 4.78 is 16.9. The third kappa shape index (κ3) is 2.60. The number of para-hydroxylation sites is 1. The molecule has 1 aliphatic heterocycles. The van der Waals surface area contributed by atoms with Crippen molar-refractivity contribution < 1.29 is 14.2 Å². The Bertz CT molecular complexity index is 401. The summed E-state index contributed by atoms with van der Waals surface area (Å²) in [4.78, 5) is 0. The second-order valence-electron chi connectivity index (χ2n) is 4.49. The van der Waals surface area contributed by atoms with Crippen molar-refractivity contribution in [1.82, 2.24) is 10.6 Å². The summed E-state index contributed by atoms with van der Waals surface area (Å²) in [5.74, 6) is -0.0985. The topological polar surface area (TPSA) is 51.8 Å². The molecule has 5 heteroatoms. The molecule has 2 rings (SSSR count). The van der Waals surface area contributed by atoms with Gasteiger partial charge in [-0.15, -0.1) is 0 Å². The quantitative estimate of drug-likeness (QED) is 0.769. The summed E-state index contributed by atoms with van der Waals surface area (Å²) in [6.45, 7) is 2.61. The third-order valence-electron chi connectivity index (χ3n) is 3.59. The molecule has 0 amide bonds. The standard InChI is InChI=1S/C14H22N2O3/c1-17-12-7-5-4-6-11(12)14(18-2,19-3)13-10-15-8-9-16-13/h4-7,13,15-16H,8-10H2,1-3H3. The highest BCUT2D eigenvalue weighted by Gasteiger charge is 2.43. The van der Waals surface area contributed by atoms with Crippen LogP contribution < -0.4 is 15.4 Å². The second kappa shape index (κ2) is 6.34. The monoisotopic (exact) mass is 266 g/mol. The van der Waals surface area contributed by atoms with Crippen molar-refractivity contribution in [1.29, 1.82) is 0 Å². The molecule has 19 heavy (non-hydrogen) atoms. The number of hydrogen-bond acceptors (Lipinski definition) is 5. The van der Waals surface area contributed by atoms with Crippen LogP contribution in [0.25, 0.3) is 0 Å². The summed E-state index contributed by atoms with van der Waals surface area (Å²) in [6.07, 6.45) is 0. The minimum Gasteiger partial charge on any atom is -0.496 e. The van der Waals surface area contributed by atoms with Crippen LogP contribution in [-0.2, 0) is 15.3 Å². The normalized spacial score (nSPS) is 20.3. The average molecular weight is 266 g/mol. The van der Waals surface area contributed by atoms with Gasteiger partial charge in [0, 0.05) is 33.9 Å². The fourth-order valence-corrected chi connectivity index (χ4v) is 2.63. The molecule has 1 heterocycles. The average Bonchev–Trinajstić information content (AvgIpc) is 2.51. The van der Waals surface area contributed by atoms with Crippen LogP contribution in [-0.4, -0.2) is 47.0 Å². The zero-order chi connectivity index (χ0) is 13.7. The summed E-state index contributed by atoms with van der Waals surface area (Å²) in [7, 11) is 4.97. The van der Waals surface area contributed by atoms with E-state index in [1.807, 2.05) is 24.3 Å². The Morgan fingerprint density at radius 3 is 2.42 bits per heavy atom. The molecule has 0 radical (unpaired) electrons. The van der Waals surface area contributed by atoms with E-state index in [1.165, 1.54) is 0 Å². The van der Waals surface area contributed by atoms with Gasteiger partial charge in [0.05, 0.1) is 18.7 Å². The number of methoxy groups -OCH3 is 3. The fraction of sp³-hybridized carbons (Fsp3) is 0.571. The van der Waals surface area contributed by atoms with Crippen molar-refractivity contribution in [3.63, 3.8) is 0 Å². The summed E-state index contributed by atoms with van der Waals surface area (Å²) >= 11 is 0. The number of nitrogens with one attached hydrogen (secondary N) is 2. The molecule has 1 aliphatic rings. The molecule has 0 saturated carbocycles. The molecule has 1 saturated heterocycles. The zero-order valence-electron chi connectivity index (χ0n) is 11.7.